The third-order valence-corrected chi connectivity index (χ3v) is 5.14. The van der Waals surface area contributed by atoms with Crippen LogP contribution in [0.1, 0.15) is 0 Å². The number of hydrogen-bond donors (Lipinski definition) is 2. The molecule has 0 amide bonds. The van der Waals surface area contributed by atoms with Gasteiger partial charge in [-0.25, -0.2) is 0 Å². The molecule has 0 aliphatic carbocycles. The molecule has 0 unspecified atom stereocenters. The maximum absolute atomic E-state index is 10.2. The highest BCUT2D eigenvalue weighted by Gasteiger charge is 2.09. The van der Waals surface area contributed by atoms with Gasteiger partial charge in [-0.2, -0.15) is 0 Å². The largest absolute Gasteiger partial charge is 0.505 e. The molecule has 5 rings (SSSR count). The van der Waals surface area contributed by atoms with E-state index in [0.29, 0.717) is 11.4 Å². The molecule has 0 radical (unpaired) electrons. The van der Waals surface area contributed by atoms with Gasteiger partial charge >= 0.3 is 0 Å². The summed E-state index contributed by atoms with van der Waals surface area (Å²) in [6, 6.07) is 29.9. The first-order chi connectivity index (χ1) is 15.7. The Hall–Kier alpha value is -4.58. The highest BCUT2D eigenvalue weighted by atomic mass is 16.3. The van der Waals surface area contributed by atoms with Crippen molar-refractivity contribution in [3.63, 3.8) is 0 Å². The second-order valence-electron chi connectivity index (χ2n) is 7.23. The number of rotatable bonds is 4. The average Bonchev–Trinajstić information content (AvgIpc) is 2.83. The fourth-order valence-corrected chi connectivity index (χ4v) is 3.52. The Kier molecular flexibility index (Phi) is 5.01. The second kappa shape index (κ2) is 8.28. The zero-order valence-electron chi connectivity index (χ0n) is 16.9. The van der Waals surface area contributed by atoms with Crippen molar-refractivity contribution in [2.45, 2.75) is 0 Å². The zero-order chi connectivity index (χ0) is 21.9. The second-order valence-corrected chi connectivity index (χ2v) is 7.23. The molecule has 0 atom stereocenters. The van der Waals surface area contributed by atoms with Crippen LogP contribution in [0.25, 0.3) is 21.5 Å². The molecule has 0 heterocycles. The first kappa shape index (κ1) is 19.4. The maximum Gasteiger partial charge on any atom is 0.146 e. The molecule has 2 N–H and O–H groups in total. The number of aromatic hydroxyl groups is 2. The predicted octanol–water partition coefficient (Wildman–Crippen LogP) is 8.24. The van der Waals surface area contributed by atoms with Gasteiger partial charge in [0.1, 0.15) is 22.9 Å². The van der Waals surface area contributed by atoms with E-state index >= 15 is 0 Å². The summed E-state index contributed by atoms with van der Waals surface area (Å²) in [5.41, 5.74) is 1.72. The third-order valence-electron chi connectivity index (χ3n) is 5.14. The van der Waals surface area contributed by atoms with Crippen molar-refractivity contribution in [2.75, 3.05) is 0 Å². The van der Waals surface area contributed by atoms with Gasteiger partial charge in [-0.1, -0.05) is 72.8 Å². The smallest absolute Gasteiger partial charge is 0.146 e. The molecule has 5 aromatic carbocycles. The SMILES string of the molecule is Oc1cc(O)c(N=Nc2cccc3ccccc23)cc1N=Nc1cccc2ccccc12. The first-order valence-electron chi connectivity index (χ1n) is 10.0. The van der Waals surface area contributed by atoms with Crippen LogP contribution in [0, 0.1) is 0 Å². The van der Waals surface area contributed by atoms with Crippen molar-refractivity contribution in [1.82, 2.24) is 0 Å². The lowest BCUT2D eigenvalue weighted by Crippen LogP contribution is -1.75. The van der Waals surface area contributed by atoms with E-state index in [-0.39, 0.29) is 22.9 Å². The number of phenols is 2. The van der Waals surface area contributed by atoms with Crippen molar-refractivity contribution in [3.8, 4) is 11.5 Å². The predicted molar refractivity (Wildman–Crippen MR) is 126 cm³/mol. The lowest BCUT2D eigenvalue weighted by molar-refractivity contribution is 0.452. The van der Waals surface area contributed by atoms with Gasteiger partial charge in [0.05, 0.1) is 11.4 Å². The van der Waals surface area contributed by atoms with E-state index in [2.05, 4.69) is 20.5 Å². The molecule has 0 spiro atoms. The summed E-state index contributed by atoms with van der Waals surface area (Å²) < 4.78 is 0. The van der Waals surface area contributed by atoms with Crippen LogP contribution in [0.4, 0.5) is 22.7 Å². The van der Waals surface area contributed by atoms with E-state index in [9.17, 15) is 10.2 Å². The van der Waals surface area contributed by atoms with Gasteiger partial charge in [0.25, 0.3) is 0 Å². The number of fused-ring (bicyclic) bond motifs is 2. The lowest BCUT2D eigenvalue weighted by Gasteiger charge is -2.04. The van der Waals surface area contributed by atoms with Gasteiger partial charge < -0.3 is 10.2 Å². The van der Waals surface area contributed by atoms with Crippen LogP contribution < -0.4 is 0 Å². The van der Waals surface area contributed by atoms with Gasteiger partial charge in [0.15, 0.2) is 0 Å². The maximum atomic E-state index is 10.2. The van der Waals surface area contributed by atoms with Gasteiger partial charge in [-0.15, -0.1) is 20.5 Å². The highest BCUT2D eigenvalue weighted by Crippen LogP contribution is 2.40. The number of phenolic OH excluding ortho intramolecular Hbond substituents is 2. The normalized spacial score (nSPS) is 11.8. The Labute approximate surface area is 183 Å². The van der Waals surface area contributed by atoms with Crippen LogP contribution in [0.5, 0.6) is 11.5 Å². The van der Waals surface area contributed by atoms with Crippen LogP contribution in [0.15, 0.2) is 118 Å². The molecule has 0 aromatic heterocycles. The molecule has 5 aromatic rings. The average molecular weight is 418 g/mol. The number of nitrogens with zero attached hydrogens (tertiary/aromatic N) is 4. The summed E-state index contributed by atoms with van der Waals surface area (Å²) in [6.07, 6.45) is 0. The molecule has 0 fully saturated rings. The molecule has 32 heavy (non-hydrogen) atoms. The number of benzene rings is 5. The molecule has 0 saturated carbocycles. The summed E-state index contributed by atoms with van der Waals surface area (Å²) in [6.45, 7) is 0. The van der Waals surface area contributed by atoms with Gasteiger partial charge in [0.2, 0.25) is 0 Å². The monoisotopic (exact) mass is 418 g/mol. The van der Waals surface area contributed by atoms with Gasteiger partial charge in [0, 0.05) is 22.9 Å². The van der Waals surface area contributed by atoms with Crippen LogP contribution in [-0.4, -0.2) is 10.2 Å². The molecule has 0 aliphatic rings. The standard InChI is InChI=1S/C26H18N4O2/c31-25-16-26(32)24(30-28-22-14-6-10-18-8-2-4-12-20(18)22)15-23(25)29-27-21-13-5-9-17-7-1-3-11-19(17)21/h1-16,31-32H. The summed E-state index contributed by atoms with van der Waals surface area (Å²) in [5, 5.41) is 41.5. The molecule has 6 heteroatoms. The van der Waals surface area contributed by atoms with Crippen molar-refractivity contribution >= 4 is 44.3 Å². The molecule has 6 nitrogen and oxygen atoms in total. The molecule has 0 saturated heterocycles. The summed E-state index contributed by atoms with van der Waals surface area (Å²) in [5.74, 6) is -0.397. The topological polar surface area (TPSA) is 89.9 Å². The van der Waals surface area contributed by atoms with Crippen molar-refractivity contribution in [3.05, 3.63) is 97.1 Å². The van der Waals surface area contributed by atoms with E-state index in [0.717, 1.165) is 21.5 Å². The van der Waals surface area contributed by atoms with E-state index in [1.807, 2.05) is 84.9 Å². The van der Waals surface area contributed by atoms with Gasteiger partial charge in [-0.05, 0) is 22.9 Å². The minimum atomic E-state index is -0.199. The van der Waals surface area contributed by atoms with E-state index in [4.69, 9.17) is 0 Å². The quantitative estimate of drug-likeness (QED) is 0.288. The van der Waals surface area contributed by atoms with Crippen molar-refractivity contribution < 1.29 is 10.2 Å². The Balaban J connectivity index is 1.50. The van der Waals surface area contributed by atoms with Gasteiger partial charge in [-0.3, -0.25) is 0 Å². The minimum absolute atomic E-state index is 0.183. The number of azo groups is 2. The van der Waals surface area contributed by atoms with Crippen LogP contribution in [0.2, 0.25) is 0 Å². The van der Waals surface area contributed by atoms with Crippen molar-refractivity contribution in [1.29, 1.82) is 0 Å². The molecule has 0 bridgehead atoms. The zero-order valence-corrected chi connectivity index (χ0v) is 16.9. The first-order valence-corrected chi connectivity index (χ1v) is 10.0. The summed E-state index contributed by atoms with van der Waals surface area (Å²) >= 11 is 0. The van der Waals surface area contributed by atoms with E-state index in [1.54, 1.807) is 0 Å². The van der Waals surface area contributed by atoms with Crippen LogP contribution in [0.3, 0.4) is 0 Å². The third kappa shape index (κ3) is 3.77. The Morgan fingerprint density at radius 3 is 1.31 bits per heavy atom. The van der Waals surface area contributed by atoms with E-state index in [1.165, 1.54) is 12.1 Å². The van der Waals surface area contributed by atoms with Crippen LogP contribution in [-0.2, 0) is 0 Å². The van der Waals surface area contributed by atoms with E-state index < -0.39 is 0 Å². The fraction of sp³-hybridized carbons (Fsp3) is 0. The Morgan fingerprint density at radius 2 is 0.812 bits per heavy atom. The lowest BCUT2D eigenvalue weighted by atomic mass is 10.1. The van der Waals surface area contributed by atoms with Crippen LogP contribution >= 0.6 is 0 Å². The Bertz CT molecular complexity index is 1390. The fourth-order valence-electron chi connectivity index (χ4n) is 3.52. The molecule has 0 aliphatic heterocycles. The highest BCUT2D eigenvalue weighted by molar-refractivity contribution is 5.93. The molecular formula is C26H18N4O2. The summed E-state index contributed by atoms with van der Waals surface area (Å²) in [7, 11) is 0. The van der Waals surface area contributed by atoms with Crippen molar-refractivity contribution in [2.24, 2.45) is 20.5 Å². The summed E-state index contributed by atoms with van der Waals surface area (Å²) in [4.78, 5) is 0. The minimum Gasteiger partial charge on any atom is -0.505 e. The molecule has 154 valence electrons. The number of hydrogen-bond acceptors (Lipinski definition) is 6. The molecular weight excluding hydrogens is 400 g/mol. The Morgan fingerprint density at radius 1 is 0.406 bits per heavy atom.